The minimum atomic E-state index is -0.553. The van der Waals surface area contributed by atoms with Crippen LogP contribution in [0.15, 0.2) is 30.9 Å². The predicted molar refractivity (Wildman–Crippen MR) is 98.3 cm³/mol. The molecule has 0 radical (unpaired) electrons. The predicted octanol–water partition coefficient (Wildman–Crippen LogP) is 1.62. The molecule has 0 spiro atoms. The van der Waals surface area contributed by atoms with Gasteiger partial charge in [-0.25, -0.2) is 0 Å². The van der Waals surface area contributed by atoms with Crippen molar-refractivity contribution in [3.05, 3.63) is 36.4 Å². The lowest BCUT2D eigenvalue weighted by atomic mass is 9.86. The van der Waals surface area contributed by atoms with Crippen LogP contribution in [0.25, 0.3) is 0 Å². The number of amides is 1. The molecular weight excluding hydrogens is 328 g/mol. The lowest BCUT2D eigenvalue weighted by Gasteiger charge is -2.40. The number of nitrogens with one attached hydrogen (secondary N) is 1. The molecule has 1 saturated carbocycles. The topological polar surface area (TPSA) is 68.0 Å². The fourth-order valence-corrected chi connectivity index (χ4v) is 3.81. The summed E-state index contributed by atoms with van der Waals surface area (Å²) < 4.78 is 3.83. The van der Waals surface area contributed by atoms with E-state index in [1.165, 1.54) is 18.4 Å². The van der Waals surface area contributed by atoms with Crippen LogP contribution in [0.5, 0.6) is 0 Å². The Morgan fingerprint density at radius 3 is 2.73 bits per heavy atom. The van der Waals surface area contributed by atoms with Gasteiger partial charge in [-0.1, -0.05) is 0 Å². The molecule has 4 rings (SSSR count). The number of likely N-dealkylation sites (tertiary alicyclic amines) is 1. The van der Waals surface area contributed by atoms with Crippen molar-refractivity contribution in [1.82, 2.24) is 29.8 Å². The Morgan fingerprint density at radius 2 is 2.12 bits per heavy atom. The van der Waals surface area contributed by atoms with Gasteiger partial charge in [0.2, 0.25) is 5.91 Å². The molecule has 3 heterocycles. The summed E-state index contributed by atoms with van der Waals surface area (Å²) in [5.74, 6) is 0.815. The first-order valence-electron chi connectivity index (χ1n) is 9.72. The molecule has 0 aromatic carbocycles. The molecule has 0 atom stereocenters. The van der Waals surface area contributed by atoms with E-state index in [-0.39, 0.29) is 5.91 Å². The van der Waals surface area contributed by atoms with Crippen LogP contribution in [0.4, 0.5) is 0 Å². The second-order valence-electron chi connectivity index (χ2n) is 7.62. The standard InChI is InChI=1S/C19H28N6O/c1-2-24-15-17(13-22-24)14-23-10-6-19(7-11-23,25-9-3-8-21-25)18(26)20-12-16-4-5-16/h3,8-9,13,15-16H,2,4-7,10-12,14H2,1H3,(H,20,26). The summed E-state index contributed by atoms with van der Waals surface area (Å²) in [6, 6.07) is 1.90. The highest BCUT2D eigenvalue weighted by Gasteiger charge is 2.44. The van der Waals surface area contributed by atoms with Gasteiger partial charge < -0.3 is 5.32 Å². The maximum absolute atomic E-state index is 13.1. The molecule has 2 aromatic rings. The molecular formula is C19H28N6O. The third kappa shape index (κ3) is 3.53. The maximum Gasteiger partial charge on any atom is 0.248 e. The number of hydrogen-bond acceptors (Lipinski definition) is 4. The quantitative estimate of drug-likeness (QED) is 0.819. The van der Waals surface area contributed by atoms with E-state index in [1.54, 1.807) is 6.20 Å². The molecule has 2 aliphatic rings. The Bertz CT molecular complexity index is 725. The highest BCUT2D eigenvalue weighted by Crippen LogP contribution is 2.32. The van der Waals surface area contributed by atoms with E-state index < -0.39 is 5.54 Å². The molecule has 1 amide bonds. The van der Waals surface area contributed by atoms with E-state index in [4.69, 9.17) is 0 Å². The van der Waals surface area contributed by atoms with Crippen LogP contribution in [0.2, 0.25) is 0 Å². The normalized spacial score (nSPS) is 20.2. The minimum absolute atomic E-state index is 0.131. The smallest absolute Gasteiger partial charge is 0.248 e. The van der Waals surface area contributed by atoms with Crippen molar-refractivity contribution in [2.75, 3.05) is 19.6 Å². The Hall–Kier alpha value is -2.15. The molecule has 2 fully saturated rings. The summed E-state index contributed by atoms with van der Waals surface area (Å²) in [5, 5.41) is 12.0. The number of hydrogen-bond donors (Lipinski definition) is 1. The molecule has 1 aliphatic carbocycles. The van der Waals surface area contributed by atoms with Gasteiger partial charge >= 0.3 is 0 Å². The van der Waals surface area contributed by atoms with Crippen LogP contribution in [0.3, 0.4) is 0 Å². The van der Waals surface area contributed by atoms with Gasteiger partial charge in [-0.2, -0.15) is 10.2 Å². The van der Waals surface area contributed by atoms with Crippen LogP contribution in [-0.4, -0.2) is 50.0 Å². The third-order valence-electron chi connectivity index (χ3n) is 5.71. The number of carbonyl (C=O) groups is 1. The highest BCUT2D eigenvalue weighted by atomic mass is 16.2. The van der Waals surface area contributed by atoms with Crippen LogP contribution in [0.1, 0.15) is 38.2 Å². The molecule has 7 nitrogen and oxygen atoms in total. The van der Waals surface area contributed by atoms with E-state index >= 15 is 0 Å². The summed E-state index contributed by atoms with van der Waals surface area (Å²) in [6.07, 6.45) is 11.8. The zero-order valence-corrected chi connectivity index (χ0v) is 15.5. The van der Waals surface area contributed by atoms with Gasteiger partial charge in [0.15, 0.2) is 0 Å². The molecule has 0 bridgehead atoms. The molecule has 7 heteroatoms. The summed E-state index contributed by atoms with van der Waals surface area (Å²) in [6.45, 7) is 6.45. The first kappa shape index (κ1) is 17.3. The fourth-order valence-electron chi connectivity index (χ4n) is 3.81. The molecule has 140 valence electrons. The van der Waals surface area contributed by atoms with Crippen molar-refractivity contribution in [2.24, 2.45) is 5.92 Å². The van der Waals surface area contributed by atoms with E-state index in [2.05, 4.69) is 33.5 Å². The number of carbonyl (C=O) groups excluding carboxylic acids is 1. The Kier molecular flexibility index (Phi) is 4.80. The number of aromatic nitrogens is 4. The van der Waals surface area contributed by atoms with Crippen LogP contribution in [0, 0.1) is 5.92 Å². The molecule has 0 unspecified atom stereocenters. The van der Waals surface area contributed by atoms with Gasteiger partial charge in [0.05, 0.1) is 6.20 Å². The zero-order chi connectivity index (χ0) is 18.0. The SMILES string of the molecule is CCn1cc(CN2CCC(C(=O)NCC3CC3)(n3cccn3)CC2)cn1. The first-order valence-corrected chi connectivity index (χ1v) is 9.72. The lowest BCUT2D eigenvalue weighted by molar-refractivity contribution is -0.133. The Labute approximate surface area is 154 Å². The van der Waals surface area contributed by atoms with E-state index in [1.807, 2.05) is 27.8 Å². The number of aryl methyl sites for hydroxylation is 1. The van der Waals surface area contributed by atoms with Crippen molar-refractivity contribution in [2.45, 2.75) is 51.2 Å². The van der Waals surface area contributed by atoms with E-state index in [0.717, 1.165) is 45.6 Å². The second kappa shape index (κ2) is 7.23. The van der Waals surface area contributed by atoms with Gasteiger partial charge in [0.1, 0.15) is 5.54 Å². The lowest BCUT2D eigenvalue weighted by Crippen LogP contribution is -2.55. The van der Waals surface area contributed by atoms with E-state index in [0.29, 0.717) is 5.92 Å². The van der Waals surface area contributed by atoms with Gasteiger partial charge in [-0.05, 0) is 44.6 Å². The van der Waals surface area contributed by atoms with Gasteiger partial charge in [0, 0.05) is 56.9 Å². The van der Waals surface area contributed by atoms with Gasteiger partial charge in [-0.3, -0.25) is 19.1 Å². The Morgan fingerprint density at radius 1 is 1.31 bits per heavy atom. The number of rotatable bonds is 7. The molecule has 2 aromatic heterocycles. The van der Waals surface area contributed by atoms with Gasteiger partial charge in [-0.15, -0.1) is 0 Å². The largest absolute Gasteiger partial charge is 0.354 e. The van der Waals surface area contributed by atoms with Crippen molar-refractivity contribution in [3.8, 4) is 0 Å². The number of piperidine rings is 1. The van der Waals surface area contributed by atoms with Crippen LogP contribution in [-0.2, 0) is 23.4 Å². The minimum Gasteiger partial charge on any atom is -0.354 e. The average molecular weight is 356 g/mol. The molecule has 26 heavy (non-hydrogen) atoms. The summed E-state index contributed by atoms with van der Waals surface area (Å²) in [7, 11) is 0. The highest BCUT2D eigenvalue weighted by molar-refractivity contribution is 5.84. The first-order chi connectivity index (χ1) is 12.7. The summed E-state index contributed by atoms with van der Waals surface area (Å²) in [5.41, 5.74) is 0.680. The maximum atomic E-state index is 13.1. The van der Waals surface area contributed by atoms with Crippen LogP contribution >= 0.6 is 0 Å². The zero-order valence-electron chi connectivity index (χ0n) is 15.5. The van der Waals surface area contributed by atoms with Crippen molar-refractivity contribution < 1.29 is 4.79 Å². The summed E-state index contributed by atoms with van der Waals surface area (Å²) >= 11 is 0. The second-order valence-corrected chi connectivity index (χ2v) is 7.62. The third-order valence-corrected chi connectivity index (χ3v) is 5.71. The monoisotopic (exact) mass is 356 g/mol. The van der Waals surface area contributed by atoms with Crippen molar-refractivity contribution in [3.63, 3.8) is 0 Å². The average Bonchev–Trinajstić information content (AvgIpc) is 3.13. The van der Waals surface area contributed by atoms with Crippen LogP contribution < -0.4 is 5.32 Å². The van der Waals surface area contributed by atoms with Gasteiger partial charge in [0.25, 0.3) is 0 Å². The number of nitrogens with zero attached hydrogens (tertiary/aromatic N) is 5. The Balaban J connectivity index is 1.42. The molecule has 1 saturated heterocycles. The molecule has 1 aliphatic heterocycles. The molecule has 1 N–H and O–H groups in total. The fraction of sp³-hybridized carbons (Fsp3) is 0.632. The van der Waals surface area contributed by atoms with E-state index in [9.17, 15) is 4.79 Å². The van der Waals surface area contributed by atoms with Crippen molar-refractivity contribution >= 4 is 5.91 Å². The van der Waals surface area contributed by atoms with Crippen molar-refractivity contribution in [1.29, 1.82) is 0 Å². The summed E-state index contributed by atoms with van der Waals surface area (Å²) in [4.78, 5) is 15.5.